The van der Waals surface area contributed by atoms with E-state index in [4.69, 9.17) is 9.47 Å². The molecule has 0 heterocycles. The van der Waals surface area contributed by atoms with E-state index in [1.54, 1.807) is 0 Å². The lowest BCUT2D eigenvalue weighted by Gasteiger charge is -2.15. The van der Waals surface area contributed by atoms with E-state index in [0.717, 1.165) is 44.9 Å². The van der Waals surface area contributed by atoms with Gasteiger partial charge >= 0.3 is 11.9 Å². The number of unbranched alkanes of at least 4 members (excludes halogenated alkanes) is 23. The van der Waals surface area contributed by atoms with Crippen LogP contribution in [-0.4, -0.2) is 36.4 Å². The quantitative estimate of drug-likeness (QED) is 0.0426. The molecular weight excluding hydrogens is 560 g/mol. The zero-order valence-electron chi connectivity index (χ0n) is 29.9. The van der Waals surface area contributed by atoms with E-state index in [-0.39, 0.29) is 25.2 Å². The molecule has 0 aliphatic carbocycles. The Morgan fingerprint density at radius 3 is 1.20 bits per heavy atom. The third kappa shape index (κ3) is 35.1. The van der Waals surface area contributed by atoms with Gasteiger partial charge in [0.25, 0.3) is 0 Å². The number of rotatable bonds is 35. The summed E-state index contributed by atoms with van der Waals surface area (Å²) in [6.07, 6.45) is 42.3. The van der Waals surface area contributed by atoms with Gasteiger partial charge in [0, 0.05) is 12.8 Å². The molecule has 0 aliphatic rings. The number of allylic oxidation sites excluding steroid dienone is 4. The first-order valence-corrected chi connectivity index (χ1v) is 19.4. The van der Waals surface area contributed by atoms with Crippen molar-refractivity contribution < 1.29 is 24.2 Å². The third-order valence-electron chi connectivity index (χ3n) is 8.47. The Hall–Kier alpha value is -1.62. The van der Waals surface area contributed by atoms with E-state index >= 15 is 0 Å². The fourth-order valence-corrected chi connectivity index (χ4v) is 5.48. The van der Waals surface area contributed by atoms with Gasteiger partial charge in [-0.25, -0.2) is 0 Å². The Bertz CT molecular complexity index is 686. The summed E-state index contributed by atoms with van der Waals surface area (Å²) in [5, 5.41) is 9.54. The summed E-state index contributed by atoms with van der Waals surface area (Å²) < 4.78 is 10.6. The smallest absolute Gasteiger partial charge is 0.306 e. The predicted octanol–water partition coefficient (Wildman–Crippen LogP) is 11.9. The molecule has 5 heteroatoms. The van der Waals surface area contributed by atoms with E-state index in [0.29, 0.717) is 12.8 Å². The van der Waals surface area contributed by atoms with Crippen LogP contribution >= 0.6 is 0 Å². The van der Waals surface area contributed by atoms with Gasteiger partial charge in [-0.2, -0.15) is 0 Å². The van der Waals surface area contributed by atoms with Gasteiger partial charge in [-0.3, -0.25) is 9.59 Å². The summed E-state index contributed by atoms with van der Waals surface area (Å²) in [5.74, 6) is -0.602. The first kappa shape index (κ1) is 43.4. The predicted molar refractivity (Wildman–Crippen MR) is 191 cm³/mol. The molecule has 0 aliphatic heterocycles. The Labute approximate surface area is 279 Å². The fourth-order valence-electron chi connectivity index (χ4n) is 5.48. The number of carbonyl (C=O) groups is 2. The minimum absolute atomic E-state index is 0.0692. The Kier molecular flexibility index (Phi) is 35.5. The third-order valence-corrected chi connectivity index (χ3v) is 8.47. The molecule has 0 aromatic carbocycles. The lowest BCUT2D eigenvalue weighted by Crippen LogP contribution is -2.28. The van der Waals surface area contributed by atoms with E-state index in [1.807, 2.05) is 0 Å². The molecule has 1 N–H and O–H groups in total. The molecule has 1 unspecified atom stereocenters. The monoisotopic (exact) mass is 635 g/mol. The minimum Gasteiger partial charge on any atom is -0.462 e. The number of carbonyl (C=O) groups excluding carboxylic acids is 2. The van der Waals surface area contributed by atoms with Crippen LogP contribution in [-0.2, 0) is 19.1 Å². The van der Waals surface area contributed by atoms with E-state index < -0.39 is 6.10 Å². The van der Waals surface area contributed by atoms with E-state index in [9.17, 15) is 14.7 Å². The SMILES string of the molecule is CCCCCCC/C=C\CCCCCCCC(=O)OCC(CO)OC(=O)CCCCCCCCC/C=C\CCCCCCCC. The molecule has 0 fully saturated rings. The molecule has 0 aromatic heterocycles. The van der Waals surface area contributed by atoms with Crippen molar-refractivity contribution in [1.29, 1.82) is 0 Å². The highest BCUT2D eigenvalue weighted by molar-refractivity contribution is 5.70. The highest BCUT2D eigenvalue weighted by Crippen LogP contribution is 2.13. The molecular formula is C40H74O5. The molecule has 1 atom stereocenters. The molecule has 45 heavy (non-hydrogen) atoms. The van der Waals surface area contributed by atoms with Crippen LogP contribution < -0.4 is 0 Å². The zero-order chi connectivity index (χ0) is 32.9. The zero-order valence-corrected chi connectivity index (χ0v) is 29.9. The summed E-state index contributed by atoms with van der Waals surface area (Å²) in [6.45, 7) is 4.11. The normalized spacial score (nSPS) is 12.3. The average Bonchev–Trinajstić information content (AvgIpc) is 3.04. The van der Waals surface area contributed by atoms with Crippen LogP contribution in [0, 0.1) is 0 Å². The lowest BCUT2D eigenvalue weighted by molar-refractivity contribution is -0.161. The highest BCUT2D eigenvalue weighted by atomic mass is 16.6. The van der Waals surface area contributed by atoms with Crippen molar-refractivity contribution in [2.24, 2.45) is 0 Å². The molecule has 0 amide bonds. The first-order valence-electron chi connectivity index (χ1n) is 19.4. The van der Waals surface area contributed by atoms with Gasteiger partial charge in [0.05, 0.1) is 6.61 Å². The van der Waals surface area contributed by atoms with Gasteiger partial charge < -0.3 is 14.6 Å². The van der Waals surface area contributed by atoms with Gasteiger partial charge in [0.15, 0.2) is 6.10 Å². The molecule has 0 rings (SSSR count). The highest BCUT2D eigenvalue weighted by Gasteiger charge is 2.16. The number of esters is 2. The second-order valence-electron chi connectivity index (χ2n) is 13.0. The lowest BCUT2D eigenvalue weighted by atomic mass is 10.1. The van der Waals surface area contributed by atoms with Crippen LogP contribution in [0.25, 0.3) is 0 Å². The van der Waals surface area contributed by atoms with Crippen LogP contribution in [0.1, 0.15) is 200 Å². The molecule has 5 nitrogen and oxygen atoms in total. The Morgan fingerprint density at radius 1 is 0.489 bits per heavy atom. The molecule has 0 aromatic rings. The molecule has 0 bridgehead atoms. The van der Waals surface area contributed by atoms with Gasteiger partial charge in [0.2, 0.25) is 0 Å². The van der Waals surface area contributed by atoms with Gasteiger partial charge in [-0.15, -0.1) is 0 Å². The van der Waals surface area contributed by atoms with Crippen LogP contribution in [0.3, 0.4) is 0 Å². The number of hydrogen-bond acceptors (Lipinski definition) is 5. The van der Waals surface area contributed by atoms with Crippen LogP contribution in [0.15, 0.2) is 24.3 Å². The second-order valence-corrected chi connectivity index (χ2v) is 13.0. The largest absolute Gasteiger partial charge is 0.462 e. The Balaban J connectivity index is 3.56. The van der Waals surface area contributed by atoms with Crippen LogP contribution in [0.4, 0.5) is 0 Å². The summed E-state index contributed by atoms with van der Waals surface area (Å²) in [7, 11) is 0. The number of aliphatic hydroxyl groups is 1. The topological polar surface area (TPSA) is 72.8 Å². The first-order chi connectivity index (χ1) is 22.1. The fraction of sp³-hybridized carbons (Fsp3) is 0.850. The van der Waals surface area contributed by atoms with Gasteiger partial charge in [-0.1, -0.05) is 147 Å². The maximum absolute atomic E-state index is 12.2. The molecule has 0 spiro atoms. The number of ether oxygens (including phenoxy) is 2. The molecule has 0 saturated carbocycles. The summed E-state index contributed by atoms with van der Waals surface area (Å²) in [5.41, 5.74) is 0. The average molecular weight is 635 g/mol. The standard InChI is InChI=1S/C40H74O5/c1-3-5-7-9-11-13-15-17-19-20-21-23-25-27-29-31-33-35-40(43)45-38(36-41)37-44-39(42)34-32-30-28-26-24-22-18-16-14-12-10-8-6-4-2/h16-19,38,41H,3-15,20-37H2,1-2H3/b18-16-,19-17-. The van der Waals surface area contributed by atoms with Crippen molar-refractivity contribution in [2.45, 2.75) is 206 Å². The summed E-state index contributed by atoms with van der Waals surface area (Å²) in [4.78, 5) is 24.2. The van der Waals surface area contributed by atoms with E-state index in [1.165, 1.54) is 128 Å². The maximum Gasteiger partial charge on any atom is 0.306 e. The van der Waals surface area contributed by atoms with Crippen molar-refractivity contribution in [3.63, 3.8) is 0 Å². The van der Waals surface area contributed by atoms with Crippen molar-refractivity contribution in [1.82, 2.24) is 0 Å². The minimum atomic E-state index is -0.773. The van der Waals surface area contributed by atoms with Gasteiger partial charge in [-0.05, 0) is 64.2 Å². The van der Waals surface area contributed by atoms with Gasteiger partial charge in [0.1, 0.15) is 6.61 Å². The van der Waals surface area contributed by atoms with Crippen molar-refractivity contribution in [3.8, 4) is 0 Å². The maximum atomic E-state index is 12.2. The van der Waals surface area contributed by atoms with Crippen molar-refractivity contribution in [3.05, 3.63) is 24.3 Å². The number of hydrogen-bond donors (Lipinski definition) is 1. The van der Waals surface area contributed by atoms with Crippen molar-refractivity contribution >= 4 is 11.9 Å². The Morgan fingerprint density at radius 2 is 0.822 bits per heavy atom. The summed E-state index contributed by atoms with van der Waals surface area (Å²) >= 11 is 0. The number of aliphatic hydroxyl groups excluding tert-OH is 1. The van der Waals surface area contributed by atoms with Crippen LogP contribution in [0.2, 0.25) is 0 Å². The molecule has 264 valence electrons. The van der Waals surface area contributed by atoms with Crippen molar-refractivity contribution in [2.75, 3.05) is 13.2 Å². The summed E-state index contributed by atoms with van der Waals surface area (Å²) in [6, 6.07) is 0. The molecule has 0 saturated heterocycles. The second kappa shape index (κ2) is 36.8. The molecule has 0 radical (unpaired) electrons. The van der Waals surface area contributed by atoms with Crippen LogP contribution in [0.5, 0.6) is 0 Å². The van der Waals surface area contributed by atoms with E-state index in [2.05, 4.69) is 38.2 Å².